The van der Waals surface area contributed by atoms with Crippen LogP contribution < -0.4 is 16.1 Å². The van der Waals surface area contributed by atoms with E-state index in [1.165, 1.54) is 11.6 Å². The first kappa shape index (κ1) is 16.8. The molecular weight excluding hydrogens is 308 g/mol. The summed E-state index contributed by atoms with van der Waals surface area (Å²) in [5.74, 6) is 0.410. The van der Waals surface area contributed by atoms with Crippen LogP contribution in [0, 0.1) is 11.3 Å². The van der Waals surface area contributed by atoms with Crippen molar-refractivity contribution < 1.29 is 4.74 Å². The summed E-state index contributed by atoms with van der Waals surface area (Å²) in [6, 6.07) is 2.00. The molecular formula is C17H24N4O3. The molecule has 0 atom stereocenters. The van der Waals surface area contributed by atoms with Crippen LogP contribution >= 0.6 is 0 Å². The van der Waals surface area contributed by atoms with Crippen molar-refractivity contribution in [3.63, 3.8) is 0 Å². The van der Waals surface area contributed by atoms with E-state index in [2.05, 4.69) is 0 Å². The highest BCUT2D eigenvalue weighted by Gasteiger charge is 2.47. The van der Waals surface area contributed by atoms with Crippen molar-refractivity contribution in [1.82, 2.24) is 9.13 Å². The molecule has 2 fully saturated rings. The van der Waals surface area contributed by atoms with Crippen LogP contribution in [0.4, 0.5) is 5.82 Å². The fourth-order valence-electron chi connectivity index (χ4n) is 4.24. The van der Waals surface area contributed by atoms with Gasteiger partial charge in [0.2, 0.25) is 0 Å². The fraction of sp³-hybridized carbons (Fsp3) is 0.706. The third-order valence-electron chi connectivity index (χ3n) is 5.10. The molecule has 7 nitrogen and oxygen atoms in total. The summed E-state index contributed by atoms with van der Waals surface area (Å²) in [5.41, 5.74) is -1.61. The van der Waals surface area contributed by atoms with Crippen LogP contribution in [-0.4, -0.2) is 33.4 Å². The summed E-state index contributed by atoms with van der Waals surface area (Å²) < 4.78 is 8.77. The Labute approximate surface area is 141 Å². The van der Waals surface area contributed by atoms with E-state index in [0.29, 0.717) is 18.9 Å². The Hall–Kier alpha value is -2.07. The summed E-state index contributed by atoms with van der Waals surface area (Å²) in [6.45, 7) is 5.17. The Kier molecular flexibility index (Phi) is 3.83. The molecule has 1 saturated carbocycles. The lowest BCUT2D eigenvalue weighted by atomic mass is 9.94. The van der Waals surface area contributed by atoms with E-state index in [1.807, 2.05) is 24.8 Å². The van der Waals surface area contributed by atoms with E-state index in [9.17, 15) is 14.9 Å². The maximum atomic E-state index is 12.4. The molecule has 0 bridgehead atoms. The van der Waals surface area contributed by atoms with Crippen LogP contribution in [-0.2, 0) is 18.8 Å². The zero-order valence-corrected chi connectivity index (χ0v) is 14.8. The quantitative estimate of drug-likeness (QED) is 0.763. The Bertz CT molecular complexity index is 822. The number of morpholine rings is 1. The summed E-state index contributed by atoms with van der Waals surface area (Å²) in [7, 11) is 3.01. The molecule has 24 heavy (non-hydrogen) atoms. The van der Waals surface area contributed by atoms with Gasteiger partial charge in [0, 0.05) is 27.2 Å². The van der Waals surface area contributed by atoms with Gasteiger partial charge >= 0.3 is 5.69 Å². The maximum absolute atomic E-state index is 12.4. The van der Waals surface area contributed by atoms with Crippen LogP contribution in [0.1, 0.15) is 45.1 Å². The van der Waals surface area contributed by atoms with Gasteiger partial charge in [0.05, 0.1) is 11.2 Å². The van der Waals surface area contributed by atoms with Gasteiger partial charge in [0.15, 0.2) is 5.56 Å². The SMILES string of the molecule is Cn1c(N2CC(C)(C)OC3(CCCC3)C2)c(C#N)c(=O)n(C)c1=O. The van der Waals surface area contributed by atoms with Crippen molar-refractivity contribution in [2.75, 3.05) is 18.0 Å². The molecule has 1 aromatic heterocycles. The van der Waals surface area contributed by atoms with E-state index >= 15 is 0 Å². The van der Waals surface area contributed by atoms with Gasteiger partial charge < -0.3 is 9.64 Å². The highest BCUT2D eigenvalue weighted by Crippen LogP contribution is 2.41. The second-order valence-corrected chi connectivity index (χ2v) is 7.62. The predicted octanol–water partition coefficient (Wildman–Crippen LogP) is 0.884. The number of ether oxygens (including phenoxy) is 1. The average Bonchev–Trinajstić information content (AvgIpc) is 2.93. The minimum atomic E-state index is -0.541. The number of nitriles is 1. The minimum absolute atomic E-state index is 0.0189. The molecule has 0 radical (unpaired) electrons. The van der Waals surface area contributed by atoms with E-state index in [1.54, 1.807) is 7.05 Å². The van der Waals surface area contributed by atoms with Crippen LogP contribution in [0.15, 0.2) is 9.59 Å². The average molecular weight is 332 g/mol. The van der Waals surface area contributed by atoms with Crippen molar-refractivity contribution in [2.24, 2.45) is 14.1 Å². The van der Waals surface area contributed by atoms with Gasteiger partial charge in [-0.25, -0.2) is 4.79 Å². The van der Waals surface area contributed by atoms with Crippen molar-refractivity contribution >= 4 is 5.82 Å². The summed E-state index contributed by atoms with van der Waals surface area (Å²) in [5, 5.41) is 9.52. The molecule has 7 heteroatoms. The van der Waals surface area contributed by atoms with E-state index in [-0.39, 0.29) is 11.2 Å². The molecule has 1 spiro atoms. The van der Waals surface area contributed by atoms with Gasteiger partial charge in [-0.2, -0.15) is 5.26 Å². The normalized spacial score (nSPS) is 21.9. The van der Waals surface area contributed by atoms with E-state index < -0.39 is 16.9 Å². The summed E-state index contributed by atoms with van der Waals surface area (Å²) in [4.78, 5) is 26.7. The van der Waals surface area contributed by atoms with Crippen molar-refractivity contribution in [3.05, 3.63) is 26.4 Å². The second-order valence-electron chi connectivity index (χ2n) is 7.62. The molecule has 0 unspecified atom stereocenters. The first-order valence-corrected chi connectivity index (χ1v) is 8.35. The molecule has 1 saturated heterocycles. The lowest BCUT2D eigenvalue weighted by molar-refractivity contribution is -0.148. The van der Waals surface area contributed by atoms with E-state index in [0.717, 1.165) is 30.3 Å². The first-order chi connectivity index (χ1) is 11.2. The largest absolute Gasteiger partial charge is 0.365 e. The molecule has 3 rings (SSSR count). The maximum Gasteiger partial charge on any atom is 0.332 e. The zero-order valence-electron chi connectivity index (χ0n) is 14.8. The van der Waals surface area contributed by atoms with Crippen molar-refractivity contribution in [2.45, 2.75) is 50.7 Å². The summed E-state index contributed by atoms with van der Waals surface area (Å²) in [6.07, 6.45) is 4.16. The fourth-order valence-corrected chi connectivity index (χ4v) is 4.24. The minimum Gasteiger partial charge on any atom is -0.365 e. The monoisotopic (exact) mass is 332 g/mol. The molecule has 0 aromatic carbocycles. The molecule has 0 N–H and O–H groups in total. The van der Waals surface area contributed by atoms with Gasteiger partial charge in [-0.15, -0.1) is 0 Å². The van der Waals surface area contributed by atoms with Gasteiger partial charge in [0.1, 0.15) is 11.9 Å². The van der Waals surface area contributed by atoms with Gasteiger partial charge in [-0.1, -0.05) is 12.8 Å². The van der Waals surface area contributed by atoms with E-state index in [4.69, 9.17) is 4.74 Å². The Morgan fingerprint density at radius 3 is 2.29 bits per heavy atom. The van der Waals surface area contributed by atoms with Crippen LogP contribution in [0.5, 0.6) is 0 Å². The third kappa shape index (κ3) is 2.55. The second kappa shape index (κ2) is 5.49. The molecule has 0 amide bonds. The van der Waals surface area contributed by atoms with Crippen LogP contribution in [0.25, 0.3) is 0 Å². The number of hydrogen-bond acceptors (Lipinski definition) is 5. The van der Waals surface area contributed by atoms with Crippen molar-refractivity contribution in [3.8, 4) is 6.07 Å². The lowest BCUT2D eigenvalue weighted by Crippen LogP contribution is -2.60. The predicted molar refractivity (Wildman–Crippen MR) is 90.2 cm³/mol. The van der Waals surface area contributed by atoms with Gasteiger partial charge in [-0.05, 0) is 26.7 Å². The smallest absolute Gasteiger partial charge is 0.332 e. The first-order valence-electron chi connectivity index (χ1n) is 8.35. The number of anilines is 1. The molecule has 130 valence electrons. The molecule has 2 heterocycles. The van der Waals surface area contributed by atoms with Gasteiger partial charge in [-0.3, -0.25) is 13.9 Å². The standard InChI is InChI=1S/C17H24N4O3/c1-16(2)10-21(11-17(24-16)7-5-6-8-17)13-12(9-18)14(22)20(4)15(23)19(13)3/h5-8,10-11H2,1-4H3. The number of aromatic nitrogens is 2. The van der Waals surface area contributed by atoms with Crippen LogP contribution in [0.3, 0.4) is 0 Å². The Morgan fingerprint density at radius 1 is 1.08 bits per heavy atom. The zero-order chi connectivity index (χ0) is 17.7. The number of rotatable bonds is 1. The topological polar surface area (TPSA) is 80.3 Å². The van der Waals surface area contributed by atoms with Gasteiger partial charge in [0.25, 0.3) is 5.56 Å². The molecule has 2 aliphatic rings. The highest BCUT2D eigenvalue weighted by atomic mass is 16.5. The number of hydrogen-bond donors (Lipinski definition) is 0. The third-order valence-corrected chi connectivity index (χ3v) is 5.10. The lowest BCUT2D eigenvalue weighted by Gasteiger charge is -2.49. The van der Waals surface area contributed by atoms with Crippen LogP contribution in [0.2, 0.25) is 0 Å². The Balaban J connectivity index is 2.17. The molecule has 1 aliphatic carbocycles. The molecule has 1 aliphatic heterocycles. The van der Waals surface area contributed by atoms with Crippen molar-refractivity contribution in [1.29, 1.82) is 5.26 Å². The highest BCUT2D eigenvalue weighted by molar-refractivity contribution is 5.54. The summed E-state index contributed by atoms with van der Waals surface area (Å²) >= 11 is 0. The number of nitrogens with zero attached hydrogens (tertiary/aromatic N) is 4. The molecule has 1 aromatic rings. The Morgan fingerprint density at radius 2 is 1.71 bits per heavy atom.